The molecule has 0 spiro atoms. The zero-order valence-corrected chi connectivity index (χ0v) is 20.6. The summed E-state index contributed by atoms with van der Waals surface area (Å²) in [5.41, 5.74) is 11.5. The second-order valence-corrected chi connectivity index (χ2v) is 9.58. The minimum absolute atomic E-state index is 0.806. The first-order valence-electron chi connectivity index (χ1n) is 12.7. The molecule has 0 amide bonds. The fourth-order valence-corrected chi connectivity index (χ4v) is 5.48. The standard InChI is InChI=1S/C33H25BN2O/c1-22-20-27(25-16-8-10-18-28(25)35-23-12-4-2-5-13-23)31-29(21-22)36(24-14-6-3-7-15-24)33-32(34-31)26-17-9-11-19-30(26)37-33/h2-21,34-35H,1H3. The maximum Gasteiger partial charge on any atom is 0.203 e. The number of aryl methyl sites for hydroxylation is 1. The molecule has 0 aliphatic carbocycles. The monoisotopic (exact) mass is 476 g/mol. The molecule has 0 radical (unpaired) electrons. The Labute approximate surface area is 217 Å². The lowest BCUT2D eigenvalue weighted by atomic mass is 9.58. The summed E-state index contributed by atoms with van der Waals surface area (Å²) in [6.45, 7) is 2.17. The molecule has 176 valence electrons. The first-order chi connectivity index (χ1) is 18.3. The number of nitrogens with zero attached hydrogens (tertiary/aromatic N) is 1. The van der Waals surface area contributed by atoms with Crippen LogP contribution in [0.5, 0.6) is 0 Å². The molecule has 0 saturated heterocycles. The predicted molar refractivity (Wildman–Crippen MR) is 157 cm³/mol. The molecule has 0 fully saturated rings. The summed E-state index contributed by atoms with van der Waals surface area (Å²) in [6.07, 6.45) is 0. The quantitative estimate of drug-likeness (QED) is 0.270. The Hall–Kier alpha value is -4.70. The summed E-state index contributed by atoms with van der Waals surface area (Å²) in [5.74, 6) is 0.909. The van der Waals surface area contributed by atoms with Gasteiger partial charge in [-0.05, 0) is 71.4 Å². The fourth-order valence-electron chi connectivity index (χ4n) is 5.48. The van der Waals surface area contributed by atoms with Gasteiger partial charge in [0.1, 0.15) is 5.58 Å². The summed E-state index contributed by atoms with van der Waals surface area (Å²) in [5, 5.41) is 4.82. The van der Waals surface area contributed by atoms with Crippen LogP contribution in [0.3, 0.4) is 0 Å². The van der Waals surface area contributed by atoms with Gasteiger partial charge in [0, 0.05) is 33.7 Å². The molecular formula is C33H25BN2O. The van der Waals surface area contributed by atoms with Gasteiger partial charge >= 0.3 is 0 Å². The number of furan rings is 1. The SMILES string of the molecule is Cc1cc(-c2ccccc2Nc2ccccc2)c2c(c1)N(c1ccccc1)c1oc3ccccc3c1B2. The van der Waals surface area contributed by atoms with E-state index in [0.717, 1.165) is 35.8 Å². The third-order valence-electron chi connectivity index (χ3n) is 7.13. The van der Waals surface area contributed by atoms with Crippen LogP contribution < -0.4 is 21.1 Å². The number of benzene rings is 5. The number of rotatable bonds is 4. The summed E-state index contributed by atoms with van der Waals surface area (Å²) >= 11 is 0. The number of nitrogens with one attached hydrogen (secondary N) is 1. The van der Waals surface area contributed by atoms with Crippen LogP contribution in [0.15, 0.2) is 126 Å². The van der Waals surface area contributed by atoms with Gasteiger partial charge in [-0.15, -0.1) is 0 Å². The van der Waals surface area contributed by atoms with Crippen LogP contribution in [0, 0.1) is 6.92 Å². The number of fused-ring (bicyclic) bond motifs is 4. The Kier molecular flexibility index (Phi) is 5.11. The van der Waals surface area contributed by atoms with Gasteiger partial charge in [-0.3, -0.25) is 4.90 Å². The average molecular weight is 476 g/mol. The Balaban J connectivity index is 1.47. The molecule has 1 aliphatic rings. The van der Waals surface area contributed by atoms with Crippen molar-refractivity contribution in [2.75, 3.05) is 10.2 Å². The Morgan fingerprint density at radius 1 is 0.676 bits per heavy atom. The molecule has 4 heteroatoms. The van der Waals surface area contributed by atoms with Gasteiger partial charge in [-0.2, -0.15) is 0 Å². The van der Waals surface area contributed by atoms with E-state index < -0.39 is 0 Å². The first kappa shape index (κ1) is 21.6. The highest BCUT2D eigenvalue weighted by Gasteiger charge is 2.32. The van der Waals surface area contributed by atoms with E-state index in [0.29, 0.717) is 0 Å². The van der Waals surface area contributed by atoms with Gasteiger partial charge in [0.05, 0.1) is 0 Å². The smallest absolute Gasteiger partial charge is 0.203 e. The Morgan fingerprint density at radius 3 is 2.22 bits per heavy atom. The van der Waals surface area contributed by atoms with Gasteiger partial charge < -0.3 is 9.73 Å². The van der Waals surface area contributed by atoms with E-state index in [1.54, 1.807) is 0 Å². The molecule has 2 heterocycles. The Bertz CT molecular complexity index is 1740. The van der Waals surface area contributed by atoms with Crippen molar-refractivity contribution in [2.24, 2.45) is 0 Å². The minimum Gasteiger partial charge on any atom is -0.440 e. The van der Waals surface area contributed by atoms with Crippen LogP contribution in [-0.4, -0.2) is 7.28 Å². The molecular weight excluding hydrogens is 451 g/mol. The van der Waals surface area contributed by atoms with Crippen LogP contribution >= 0.6 is 0 Å². The fraction of sp³-hybridized carbons (Fsp3) is 0.0303. The third-order valence-corrected chi connectivity index (χ3v) is 7.13. The molecule has 1 N–H and O–H groups in total. The molecule has 0 bridgehead atoms. The van der Waals surface area contributed by atoms with Crippen LogP contribution in [0.1, 0.15) is 5.56 Å². The molecule has 7 rings (SSSR count). The topological polar surface area (TPSA) is 28.4 Å². The van der Waals surface area contributed by atoms with Crippen molar-refractivity contribution in [3.8, 4) is 11.1 Å². The van der Waals surface area contributed by atoms with Gasteiger partial charge in [-0.1, -0.05) is 78.9 Å². The van der Waals surface area contributed by atoms with E-state index in [4.69, 9.17) is 4.42 Å². The van der Waals surface area contributed by atoms with E-state index in [2.05, 4.69) is 126 Å². The highest BCUT2D eigenvalue weighted by molar-refractivity contribution is 6.75. The van der Waals surface area contributed by atoms with Crippen molar-refractivity contribution in [2.45, 2.75) is 6.92 Å². The molecule has 6 aromatic rings. The molecule has 3 nitrogen and oxygen atoms in total. The van der Waals surface area contributed by atoms with Crippen LogP contribution in [0.25, 0.3) is 22.1 Å². The van der Waals surface area contributed by atoms with E-state index >= 15 is 0 Å². The number of hydrogen-bond acceptors (Lipinski definition) is 3. The second kappa shape index (κ2) is 8.75. The molecule has 1 aliphatic heterocycles. The van der Waals surface area contributed by atoms with Crippen molar-refractivity contribution in [3.05, 3.63) is 127 Å². The first-order valence-corrected chi connectivity index (χ1v) is 12.7. The van der Waals surface area contributed by atoms with Crippen molar-refractivity contribution in [3.63, 3.8) is 0 Å². The van der Waals surface area contributed by atoms with E-state index in [9.17, 15) is 0 Å². The highest BCUT2D eigenvalue weighted by atomic mass is 16.4. The van der Waals surface area contributed by atoms with Crippen molar-refractivity contribution in [1.82, 2.24) is 0 Å². The van der Waals surface area contributed by atoms with Gasteiger partial charge in [0.2, 0.25) is 7.28 Å². The van der Waals surface area contributed by atoms with Gasteiger partial charge in [-0.25, -0.2) is 0 Å². The lowest BCUT2D eigenvalue weighted by molar-refractivity contribution is 0.623. The lowest BCUT2D eigenvalue weighted by Crippen LogP contribution is -2.40. The largest absolute Gasteiger partial charge is 0.440 e. The summed E-state index contributed by atoms with van der Waals surface area (Å²) < 4.78 is 6.52. The van der Waals surface area contributed by atoms with Crippen LogP contribution in [0.4, 0.5) is 28.6 Å². The zero-order valence-electron chi connectivity index (χ0n) is 20.6. The van der Waals surface area contributed by atoms with E-state index in [-0.39, 0.29) is 0 Å². The molecule has 0 unspecified atom stereocenters. The molecule has 5 aromatic carbocycles. The highest BCUT2D eigenvalue weighted by Crippen LogP contribution is 2.41. The van der Waals surface area contributed by atoms with E-state index in [1.807, 2.05) is 12.1 Å². The van der Waals surface area contributed by atoms with Gasteiger partial charge in [0.25, 0.3) is 0 Å². The molecule has 1 aromatic heterocycles. The predicted octanol–water partition coefficient (Wildman–Crippen LogP) is 7.32. The second-order valence-electron chi connectivity index (χ2n) is 9.58. The number of anilines is 5. The van der Waals surface area contributed by atoms with Crippen molar-refractivity contribution >= 4 is 57.8 Å². The molecule has 0 saturated carbocycles. The van der Waals surface area contributed by atoms with Crippen LogP contribution in [0.2, 0.25) is 0 Å². The van der Waals surface area contributed by atoms with Gasteiger partial charge in [0.15, 0.2) is 5.88 Å². The molecule has 0 atom stereocenters. The van der Waals surface area contributed by atoms with E-state index in [1.165, 1.54) is 38.7 Å². The van der Waals surface area contributed by atoms with Crippen LogP contribution in [-0.2, 0) is 0 Å². The lowest BCUT2D eigenvalue weighted by Gasteiger charge is -2.32. The maximum absolute atomic E-state index is 6.52. The maximum atomic E-state index is 6.52. The normalized spacial score (nSPS) is 12.1. The minimum atomic E-state index is 0.806. The summed E-state index contributed by atoms with van der Waals surface area (Å²) in [4.78, 5) is 2.29. The van der Waals surface area contributed by atoms with Crippen molar-refractivity contribution in [1.29, 1.82) is 0 Å². The average Bonchev–Trinajstić information content (AvgIpc) is 3.31. The third kappa shape index (κ3) is 3.69. The summed E-state index contributed by atoms with van der Waals surface area (Å²) in [7, 11) is 0.806. The zero-order chi connectivity index (χ0) is 24.8. The number of hydrogen-bond donors (Lipinski definition) is 1. The summed E-state index contributed by atoms with van der Waals surface area (Å²) in [6, 6.07) is 42.5. The molecule has 37 heavy (non-hydrogen) atoms. The Morgan fingerprint density at radius 2 is 1.38 bits per heavy atom. The van der Waals surface area contributed by atoms with Crippen molar-refractivity contribution < 1.29 is 4.42 Å². The number of para-hydroxylation sites is 4.